The first-order chi connectivity index (χ1) is 16.4. The summed E-state index contributed by atoms with van der Waals surface area (Å²) in [5.74, 6) is -0.684. The summed E-state index contributed by atoms with van der Waals surface area (Å²) in [6.07, 6.45) is 0.318. The summed E-state index contributed by atoms with van der Waals surface area (Å²) in [4.78, 5) is 27.9. The molecule has 5 nitrogen and oxygen atoms in total. The lowest BCUT2D eigenvalue weighted by molar-refractivity contribution is -0.142. The van der Waals surface area contributed by atoms with Gasteiger partial charge < -0.3 is 15.0 Å². The highest BCUT2D eigenvalue weighted by Gasteiger charge is 2.30. The smallest absolute Gasteiger partial charge is 0.261 e. The third kappa shape index (κ3) is 7.30. The maximum Gasteiger partial charge on any atom is 0.261 e. The normalized spacial score (nSPS) is 11.5. The zero-order valence-electron chi connectivity index (χ0n) is 18.6. The van der Waals surface area contributed by atoms with Gasteiger partial charge in [-0.15, -0.1) is 0 Å². The van der Waals surface area contributed by atoms with Gasteiger partial charge in [-0.25, -0.2) is 4.39 Å². The third-order valence-corrected chi connectivity index (χ3v) is 5.92. The highest BCUT2D eigenvalue weighted by Crippen LogP contribution is 2.28. The Labute approximate surface area is 212 Å². The first-order valence-electron chi connectivity index (χ1n) is 10.8. The van der Waals surface area contributed by atoms with Gasteiger partial charge in [0, 0.05) is 24.0 Å². The predicted molar refractivity (Wildman–Crippen MR) is 134 cm³/mol. The molecule has 1 atom stereocenters. The van der Waals surface area contributed by atoms with Crippen molar-refractivity contribution in [2.24, 2.45) is 0 Å². The number of carbonyl (C=O) groups is 2. The lowest BCUT2D eigenvalue weighted by atomic mass is 10.0. The summed E-state index contributed by atoms with van der Waals surface area (Å²) in [6.45, 7) is 2.05. The number of rotatable bonds is 10. The van der Waals surface area contributed by atoms with Gasteiger partial charge in [-0.3, -0.25) is 9.59 Å². The van der Waals surface area contributed by atoms with Crippen LogP contribution in [0.2, 0.25) is 5.02 Å². The van der Waals surface area contributed by atoms with Crippen molar-refractivity contribution in [1.29, 1.82) is 0 Å². The van der Waals surface area contributed by atoms with E-state index in [0.29, 0.717) is 29.3 Å². The molecule has 8 heteroatoms. The highest BCUT2D eigenvalue weighted by molar-refractivity contribution is 9.10. The second-order valence-electron chi connectivity index (χ2n) is 7.61. The minimum absolute atomic E-state index is 0.116. The molecule has 0 aliphatic carbocycles. The second kappa shape index (κ2) is 12.5. The minimum atomic E-state index is -0.788. The Kier molecular flexibility index (Phi) is 9.48. The van der Waals surface area contributed by atoms with Crippen molar-refractivity contribution >= 4 is 39.3 Å². The van der Waals surface area contributed by atoms with Crippen LogP contribution in [0.3, 0.4) is 0 Å². The molecule has 3 aromatic rings. The number of hydrogen-bond acceptors (Lipinski definition) is 3. The third-order valence-electron chi connectivity index (χ3n) is 5.13. The van der Waals surface area contributed by atoms with Crippen molar-refractivity contribution in [1.82, 2.24) is 10.2 Å². The van der Waals surface area contributed by atoms with Gasteiger partial charge in [0.25, 0.3) is 5.91 Å². The van der Waals surface area contributed by atoms with E-state index in [4.69, 9.17) is 16.3 Å². The Morgan fingerprint density at radius 3 is 2.41 bits per heavy atom. The molecular weight excluding hydrogens is 523 g/mol. The van der Waals surface area contributed by atoms with Crippen molar-refractivity contribution in [3.8, 4) is 5.75 Å². The molecule has 0 aliphatic rings. The molecule has 0 saturated heterocycles. The van der Waals surface area contributed by atoms with Gasteiger partial charge in [-0.2, -0.15) is 0 Å². The average molecular weight is 548 g/mol. The van der Waals surface area contributed by atoms with Gasteiger partial charge in [0.1, 0.15) is 17.6 Å². The van der Waals surface area contributed by atoms with E-state index in [2.05, 4.69) is 21.2 Å². The molecular formula is C26H25BrClFN2O3. The average Bonchev–Trinajstić information content (AvgIpc) is 2.82. The Bertz CT molecular complexity index is 1110. The summed E-state index contributed by atoms with van der Waals surface area (Å²) < 4.78 is 19.9. The minimum Gasteiger partial charge on any atom is -0.482 e. The Morgan fingerprint density at radius 2 is 1.76 bits per heavy atom. The van der Waals surface area contributed by atoms with Crippen molar-refractivity contribution < 1.29 is 18.7 Å². The van der Waals surface area contributed by atoms with Gasteiger partial charge in [-0.05, 0) is 48.4 Å². The number of carbonyl (C=O) groups excluding carboxylic acids is 2. The van der Waals surface area contributed by atoms with Crippen LogP contribution in [0.25, 0.3) is 0 Å². The fraction of sp³-hybridized carbons (Fsp3) is 0.231. The van der Waals surface area contributed by atoms with Crippen LogP contribution in [0.5, 0.6) is 5.75 Å². The van der Waals surface area contributed by atoms with E-state index in [0.717, 1.165) is 10.0 Å². The van der Waals surface area contributed by atoms with Gasteiger partial charge in [0.2, 0.25) is 5.91 Å². The molecule has 0 aliphatic heterocycles. The molecule has 0 fully saturated rings. The van der Waals surface area contributed by atoms with Crippen LogP contribution in [0.1, 0.15) is 18.1 Å². The van der Waals surface area contributed by atoms with Crippen LogP contribution < -0.4 is 10.1 Å². The quantitative estimate of drug-likeness (QED) is 0.370. The largest absolute Gasteiger partial charge is 0.482 e. The topological polar surface area (TPSA) is 58.6 Å². The Hall–Kier alpha value is -2.90. The molecule has 1 N–H and O–H groups in total. The Morgan fingerprint density at radius 1 is 1.06 bits per heavy atom. The lowest BCUT2D eigenvalue weighted by Crippen LogP contribution is -2.51. The van der Waals surface area contributed by atoms with Gasteiger partial charge in [0.05, 0.1) is 5.02 Å². The van der Waals surface area contributed by atoms with Gasteiger partial charge >= 0.3 is 0 Å². The number of nitrogens with one attached hydrogen (secondary N) is 1. The van der Waals surface area contributed by atoms with E-state index in [1.54, 1.807) is 30.3 Å². The molecule has 2 amide bonds. The molecule has 178 valence electrons. The number of halogens is 3. The fourth-order valence-electron chi connectivity index (χ4n) is 3.45. The van der Waals surface area contributed by atoms with Crippen molar-refractivity contribution in [2.45, 2.75) is 25.9 Å². The van der Waals surface area contributed by atoms with Crippen molar-refractivity contribution in [3.05, 3.63) is 99.2 Å². The van der Waals surface area contributed by atoms with E-state index < -0.39 is 11.9 Å². The van der Waals surface area contributed by atoms with Crippen LogP contribution in [-0.2, 0) is 22.6 Å². The van der Waals surface area contributed by atoms with E-state index in [1.165, 1.54) is 17.0 Å². The fourth-order valence-corrected chi connectivity index (χ4v) is 4.18. The molecule has 0 bridgehead atoms. The zero-order valence-corrected chi connectivity index (χ0v) is 21.0. The number of benzene rings is 3. The standard InChI is InChI=1S/C26H25BrClFN2O3/c1-2-30-26(33)23(14-18-6-4-3-5-7-18)31(16-19-8-11-21(29)12-9-19)25(32)17-34-24-13-10-20(27)15-22(24)28/h3-13,15,23H,2,14,16-17H2,1H3,(H,30,33)/t23-/m1/s1. The van der Waals surface area contributed by atoms with Crippen LogP contribution in [0.4, 0.5) is 4.39 Å². The molecule has 3 aromatic carbocycles. The second-order valence-corrected chi connectivity index (χ2v) is 8.93. The summed E-state index contributed by atoms with van der Waals surface area (Å²) in [5, 5.41) is 3.18. The van der Waals surface area contributed by atoms with E-state index in [-0.39, 0.29) is 24.9 Å². The number of nitrogens with zero attached hydrogens (tertiary/aromatic N) is 1. The Balaban J connectivity index is 1.89. The lowest BCUT2D eigenvalue weighted by Gasteiger charge is -2.31. The number of likely N-dealkylation sites (N-methyl/N-ethyl adjacent to an activating group) is 1. The van der Waals surface area contributed by atoms with Gasteiger partial charge in [-0.1, -0.05) is 70.0 Å². The molecule has 0 spiro atoms. The predicted octanol–water partition coefficient (Wildman–Crippen LogP) is 5.40. The molecule has 34 heavy (non-hydrogen) atoms. The summed E-state index contributed by atoms with van der Waals surface area (Å²) >= 11 is 9.56. The van der Waals surface area contributed by atoms with Crippen molar-refractivity contribution in [2.75, 3.05) is 13.2 Å². The van der Waals surface area contributed by atoms with Crippen LogP contribution in [0.15, 0.2) is 77.3 Å². The van der Waals surface area contributed by atoms with Gasteiger partial charge in [0.15, 0.2) is 6.61 Å². The van der Waals surface area contributed by atoms with E-state index in [1.807, 2.05) is 37.3 Å². The first-order valence-corrected chi connectivity index (χ1v) is 12.0. The summed E-state index contributed by atoms with van der Waals surface area (Å²) in [7, 11) is 0. The van der Waals surface area contributed by atoms with Crippen molar-refractivity contribution in [3.63, 3.8) is 0 Å². The molecule has 0 saturated carbocycles. The molecule has 0 unspecified atom stereocenters. The molecule has 3 rings (SSSR count). The van der Waals surface area contributed by atoms with Crippen LogP contribution >= 0.6 is 27.5 Å². The van der Waals surface area contributed by atoms with Crippen LogP contribution in [0, 0.1) is 5.82 Å². The molecule has 0 aromatic heterocycles. The number of amides is 2. The highest BCUT2D eigenvalue weighted by atomic mass is 79.9. The maximum atomic E-state index is 13.5. The summed E-state index contributed by atoms with van der Waals surface area (Å²) in [5.41, 5.74) is 1.60. The monoisotopic (exact) mass is 546 g/mol. The SMILES string of the molecule is CCNC(=O)[C@@H](Cc1ccccc1)N(Cc1ccc(F)cc1)C(=O)COc1ccc(Br)cc1Cl. The first kappa shape index (κ1) is 25.7. The number of ether oxygens (including phenoxy) is 1. The van der Waals surface area contributed by atoms with E-state index >= 15 is 0 Å². The van der Waals surface area contributed by atoms with E-state index in [9.17, 15) is 14.0 Å². The molecule has 0 radical (unpaired) electrons. The summed E-state index contributed by atoms with van der Waals surface area (Å²) in [6, 6.07) is 19.6. The maximum absolute atomic E-state index is 13.5. The molecule has 0 heterocycles. The zero-order chi connectivity index (χ0) is 24.5. The van der Waals surface area contributed by atoms with Crippen LogP contribution in [-0.4, -0.2) is 35.9 Å². The number of hydrogen-bond donors (Lipinski definition) is 1.